The minimum atomic E-state index is -0.436. The Balaban J connectivity index is 1.20. The normalized spacial score (nSPS) is 35.2. The number of allylic oxidation sites excluding steroid dienone is 2. The molecule has 1 heterocycles. The summed E-state index contributed by atoms with van der Waals surface area (Å²) in [6.07, 6.45) is 5.44. The summed E-state index contributed by atoms with van der Waals surface area (Å²) in [5.74, 6) is 0.511. The van der Waals surface area contributed by atoms with Crippen LogP contribution in [-0.2, 0) is 25.7 Å². The molecule has 1 aromatic carbocycles. The molecule has 4 aliphatic carbocycles. The fraction of sp³-hybridized carbons (Fsp3) is 0.476. The van der Waals surface area contributed by atoms with Gasteiger partial charge in [-0.2, -0.15) is 0 Å². The Morgan fingerprint density at radius 3 is 2.33 bits per heavy atom. The molecule has 3 fully saturated rings. The largest absolute Gasteiger partial charge is 0.461 e. The highest BCUT2D eigenvalue weighted by Crippen LogP contribution is 2.65. The summed E-state index contributed by atoms with van der Waals surface area (Å²) >= 11 is 6.05. The number of ether oxygens (including phenoxy) is 1. The summed E-state index contributed by atoms with van der Waals surface area (Å²) < 4.78 is 5.25. The minimum Gasteiger partial charge on any atom is -0.461 e. The van der Waals surface area contributed by atoms with Crippen LogP contribution in [0.25, 0.3) is 0 Å². The summed E-state index contributed by atoms with van der Waals surface area (Å²) in [5, 5.41) is 0.542. The third-order valence-electron chi connectivity index (χ3n) is 6.64. The van der Waals surface area contributed by atoms with Gasteiger partial charge in [0.1, 0.15) is 6.61 Å². The van der Waals surface area contributed by atoms with Gasteiger partial charge in [-0.05, 0) is 36.2 Å². The molecular formula is C21H20ClNO4. The number of halogens is 1. The zero-order chi connectivity index (χ0) is 18.7. The summed E-state index contributed by atoms with van der Waals surface area (Å²) in [7, 11) is 0. The number of carbonyl (C=O) groups excluding carboxylic acids is 3. The summed E-state index contributed by atoms with van der Waals surface area (Å²) in [6, 6.07) is 7.16. The molecular weight excluding hydrogens is 366 g/mol. The average Bonchev–Trinajstić information content (AvgIpc) is 3.45. The molecule has 27 heavy (non-hydrogen) atoms. The molecule has 1 saturated heterocycles. The quantitative estimate of drug-likeness (QED) is 0.444. The Hall–Kier alpha value is -2.14. The molecule has 0 aromatic heterocycles. The van der Waals surface area contributed by atoms with Crippen LogP contribution in [0.1, 0.15) is 18.4 Å². The van der Waals surface area contributed by atoms with E-state index >= 15 is 0 Å². The van der Waals surface area contributed by atoms with Crippen LogP contribution in [0.5, 0.6) is 0 Å². The molecule has 5 nitrogen and oxygen atoms in total. The number of hydrogen-bond acceptors (Lipinski definition) is 4. The molecule has 0 unspecified atom stereocenters. The van der Waals surface area contributed by atoms with Gasteiger partial charge in [0.05, 0.1) is 18.3 Å². The van der Waals surface area contributed by atoms with E-state index in [1.54, 1.807) is 12.1 Å². The lowest BCUT2D eigenvalue weighted by Crippen LogP contribution is -2.40. The highest BCUT2D eigenvalue weighted by Gasteiger charge is 2.66. The van der Waals surface area contributed by atoms with Gasteiger partial charge in [-0.25, -0.2) is 0 Å². The van der Waals surface area contributed by atoms with E-state index in [0.29, 0.717) is 16.9 Å². The molecule has 2 bridgehead atoms. The molecule has 0 N–H and O–H groups in total. The van der Waals surface area contributed by atoms with E-state index in [1.165, 1.54) is 4.90 Å². The number of nitrogens with zero attached hydrogens (tertiary/aromatic N) is 1. The van der Waals surface area contributed by atoms with Crippen molar-refractivity contribution < 1.29 is 19.1 Å². The number of benzene rings is 1. The first-order chi connectivity index (χ1) is 13.1. The standard InChI is InChI=1S/C21H20ClNO4/c22-16-4-2-1-3-11(16)10-27-17(24)7-8-23-20(25)18-12-5-6-13(15-9-14(12)15)19(18)21(23)26/h1-6,12-15,18-19H,7-10H2/t12-,13-,14-,15+,18-,19-/m1/s1. The maximum atomic E-state index is 12.8. The van der Waals surface area contributed by atoms with Gasteiger partial charge in [0.2, 0.25) is 11.8 Å². The maximum Gasteiger partial charge on any atom is 0.307 e. The number of likely N-dealkylation sites (tertiary alicyclic amines) is 1. The van der Waals surface area contributed by atoms with Crippen molar-refractivity contribution in [2.24, 2.45) is 35.5 Å². The number of imide groups is 1. The van der Waals surface area contributed by atoms with Gasteiger partial charge >= 0.3 is 5.97 Å². The second-order valence-electron chi connectivity index (χ2n) is 7.98. The highest BCUT2D eigenvalue weighted by molar-refractivity contribution is 6.31. The molecule has 1 aliphatic heterocycles. The number of carbonyl (C=O) groups is 3. The van der Waals surface area contributed by atoms with Crippen molar-refractivity contribution in [3.05, 3.63) is 47.0 Å². The molecule has 0 radical (unpaired) electrons. The lowest BCUT2D eigenvalue weighted by atomic mass is 9.63. The number of hydrogen-bond donors (Lipinski definition) is 0. The van der Waals surface area contributed by atoms with Gasteiger partial charge in [0.15, 0.2) is 0 Å². The fourth-order valence-electron chi connectivity index (χ4n) is 5.29. The highest BCUT2D eigenvalue weighted by atomic mass is 35.5. The predicted molar refractivity (Wildman–Crippen MR) is 97.3 cm³/mol. The maximum absolute atomic E-state index is 12.8. The van der Waals surface area contributed by atoms with Crippen molar-refractivity contribution in [1.29, 1.82) is 0 Å². The van der Waals surface area contributed by atoms with Gasteiger partial charge in [0.25, 0.3) is 0 Å². The SMILES string of the molecule is O=C(CCN1C(=O)[C@@H]2[C@@H]3C=C[C@H]([C@@H]4C[C@H]34)[C@H]2C1=O)OCc1ccccc1Cl. The molecule has 5 aliphatic rings. The van der Waals surface area contributed by atoms with E-state index < -0.39 is 5.97 Å². The van der Waals surface area contributed by atoms with Crippen LogP contribution in [0.3, 0.4) is 0 Å². The van der Waals surface area contributed by atoms with Gasteiger partial charge in [-0.15, -0.1) is 0 Å². The lowest BCUT2D eigenvalue weighted by molar-refractivity contribution is -0.146. The number of rotatable bonds is 5. The van der Waals surface area contributed by atoms with Gasteiger partial charge < -0.3 is 4.74 Å². The number of amides is 2. The van der Waals surface area contributed by atoms with E-state index in [2.05, 4.69) is 12.2 Å². The first-order valence-corrected chi connectivity index (χ1v) is 9.86. The molecule has 2 amide bonds. The molecule has 6 heteroatoms. The second kappa shape index (κ2) is 6.20. The van der Waals surface area contributed by atoms with Crippen LogP contribution in [0.2, 0.25) is 5.02 Å². The van der Waals surface area contributed by atoms with Crippen LogP contribution in [0, 0.1) is 35.5 Å². The van der Waals surface area contributed by atoms with E-state index in [0.717, 1.165) is 12.0 Å². The van der Waals surface area contributed by atoms with E-state index in [9.17, 15) is 14.4 Å². The number of esters is 1. The monoisotopic (exact) mass is 385 g/mol. The molecule has 6 atom stereocenters. The Labute approximate surface area is 162 Å². The summed E-state index contributed by atoms with van der Waals surface area (Å²) in [6.45, 7) is 0.184. The Bertz CT molecular complexity index is 829. The van der Waals surface area contributed by atoms with Gasteiger partial charge in [-0.3, -0.25) is 19.3 Å². The van der Waals surface area contributed by atoms with E-state index in [-0.39, 0.29) is 55.1 Å². The first kappa shape index (κ1) is 17.0. The zero-order valence-corrected chi connectivity index (χ0v) is 15.5. The summed E-state index contributed by atoms with van der Waals surface area (Å²) in [4.78, 5) is 39.1. The molecule has 1 aromatic rings. The third kappa shape index (κ3) is 2.63. The van der Waals surface area contributed by atoms with Crippen LogP contribution >= 0.6 is 11.6 Å². The Kier molecular flexibility index (Phi) is 3.90. The van der Waals surface area contributed by atoms with Crippen molar-refractivity contribution in [2.75, 3.05) is 6.54 Å². The van der Waals surface area contributed by atoms with Crippen LogP contribution in [0.15, 0.2) is 36.4 Å². The van der Waals surface area contributed by atoms with Crippen molar-refractivity contribution in [3.63, 3.8) is 0 Å². The summed E-state index contributed by atoms with van der Waals surface area (Å²) in [5.41, 5.74) is 0.730. The molecule has 2 saturated carbocycles. The van der Waals surface area contributed by atoms with Crippen LogP contribution < -0.4 is 0 Å². The van der Waals surface area contributed by atoms with Gasteiger partial charge in [-0.1, -0.05) is 42.0 Å². The van der Waals surface area contributed by atoms with Crippen LogP contribution in [-0.4, -0.2) is 29.2 Å². The molecule has 6 rings (SSSR count). The van der Waals surface area contributed by atoms with Crippen molar-refractivity contribution >= 4 is 29.4 Å². The smallest absolute Gasteiger partial charge is 0.307 e. The molecule has 0 spiro atoms. The Morgan fingerprint density at radius 1 is 1.07 bits per heavy atom. The van der Waals surface area contributed by atoms with Crippen molar-refractivity contribution in [3.8, 4) is 0 Å². The first-order valence-electron chi connectivity index (χ1n) is 9.49. The fourth-order valence-corrected chi connectivity index (χ4v) is 5.48. The minimum absolute atomic E-state index is 0.0109. The van der Waals surface area contributed by atoms with E-state index in [1.807, 2.05) is 12.1 Å². The van der Waals surface area contributed by atoms with Crippen LogP contribution in [0.4, 0.5) is 0 Å². The van der Waals surface area contributed by atoms with Crippen molar-refractivity contribution in [1.82, 2.24) is 4.90 Å². The predicted octanol–water partition coefficient (Wildman–Crippen LogP) is 2.83. The second-order valence-corrected chi connectivity index (χ2v) is 8.39. The average molecular weight is 386 g/mol. The van der Waals surface area contributed by atoms with Crippen molar-refractivity contribution in [2.45, 2.75) is 19.4 Å². The third-order valence-corrected chi connectivity index (χ3v) is 7.01. The zero-order valence-electron chi connectivity index (χ0n) is 14.7. The molecule has 140 valence electrons. The Morgan fingerprint density at radius 2 is 1.70 bits per heavy atom. The van der Waals surface area contributed by atoms with E-state index in [4.69, 9.17) is 16.3 Å². The topological polar surface area (TPSA) is 63.7 Å². The lowest BCUT2D eigenvalue weighted by Gasteiger charge is -2.37. The van der Waals surface area contributed by atoms with Gasteiger partial charge in [0, 0.05) is 17.1 Å².